The van der Waals surface area contributed by atoms with Crippen LogP contribution in [0.3, 0.4) is 0 Å². The van der Waals surface area contributed by atoms with Crippen molar-refractivity contribution < 1.29 is 8.42 Å². The van der Waals surface area contributed by atoms with Gasteiger partial charge in [0.15, 0.2) is 0 Å². The fourth-order valence-corrected chi connectivity index (χ4v) is 5.51. The first-order valence-corrected chi connectivity index (χ1v) is 9.29. The Kier molecular flexibility index (Phi) is 4.53. The minimum atomic E-state index is -3.07. The molecule has 2 saturated carbocycles. The second kappa shape index (κ2) is 5.57. The van der Waals surface area contributed by atoms with Gasteiger partial charge in [-0.2, -0.15) is 0 Å². The van der Waals surface area contributed by atoms with Gasteiger partial charge in [-0.1, -0.05) is 41.6 Å². The van der Waals surface area contributed by atoms with Crippen LogP contribution in [0.4, 0.5) is 0 Å². The molecule has 2 aliphatic rings. The van der Waals surface area contributed by atoms with Gasteiger partial charge >= 0.3 is 0 Å². The molecule has 0 heterocycles. The summed E-state index contributed by atoms with van der Waals surface area (Å²) in [4.78, 5) is 0. The molecule has 17 heavy (non-hydrogen) atoms. The number of alkyl halides is 1. The Morgan fingerprint density at radius 2 is 1.71 bits per heavy atom. The highest BCUT2D eigenvalue weighted by atomic mass is 79.9. The highest BCUT2D eigenvalue weighted by molar-refractivity contribution is 9.09. The summed E-state index contributed by atoms with van der Waals surface area (Å²) >= 11 is 3.55. The maximum Gasteiger partial charge on any atom is 0.214 e. The van der Waals surface area contributed by atoms with Gasteiger partial charge in [0.1, 0.15) is 0 Å². The van der Waals surface area contributed by atoms with E-state index in [1.165, 1.54) is 12.8 Å². The SMILES string of the molecule is O=S(=O)(NCC1(CBr)CCCC1)C1CCCC1. The van der Waals surface area contributed by atoms with Crippen LogP contribution < -0.4 is 4.72 Å². The summed E-state index contributed by atoms with van der Waals surface area (Å²) < 4.78 is 27.1. The zero-order valence-corrected chi connectivity index (χ0v) is 12.7. The van der Waals surface area contributed by atoms with Crippen molar-refractivity contribution in [1.82, 2.24) is 4.72 Å². The van der Waals surface area contributed by atoms with Crippen molar-refractivity contribution in [3.8, 4) is 0 Å². The van der Waals surface area contributed by atoms with Gasteiger partial charge in [0.05, 0.1) is 5.25 Å². The predicted octanol–water partition coefficient (Wildman–Crippen LogP) is 2.80. The van der Waals surface area contributed by atoms with Crippen LogP contribution in [0.15, 0.2) is 0 Å². The fraction of sp³-hybridized carbons (Fsp3) is 1.00. The number of halogens is 1. The molecule has 0 radical (unpaired) electrons. The van der Waals surface area contributed by atoms with E-state index in [2.05, 4.69) is 20.7 Å². The smallest absolute Gasteiger partial charge is 0.214 e. The standard InChI is InChI=1S/C12H22BrNO2S/c13-9-12(7-3-4-8-12)10-14-17(15,16)11-5-1-2-6-11/h11,14H,1-10H2. The molecule has 0 aliphatic heterocycles. The minimum Gasteiger partial charge on any atom is -0.214 e. The van der Waals surface area contributed by atoms with Gasteiger partial charge in [-0.3, -0.25) is 0 Å². The molecule has 0 aromatic rings. The summed E-state index contributed by atoms with van der Waals surface area (Å²) in [7, 11) is -3.07. The molecule has 0 spiro atoms. The molecule has 0 atom stereocenters. The van der Waals surface area contributed by atoms with Crippen molar-refractivity contribution in [2.45, 2.75) is 56.6 Å². The van der Waals surface area contributed by atoms with Crippen molar-refractivity contribution in [2.75, 3.05) is 11.9 Å². The van der Waals surface area contributed by atoms with Gasteiger partial charge in [-0.25, -0.2) is 13.1 Å². The van der Waals surface area contributed by atoms with Crippen LogP contribution >= 0.6 is 15.9 Å². The molecule has 0 aromatic heterocycles. The largest absolute Gasteiger partial charge is 0.214 e. The first-order chi connectivity index (χ1) is 8.08. The van der Waals surface area contributed by atoms with Gasteiger partial charge in [0.25, 0.3) is 0 Å². The fourth-order valence-electron chi connectivity index (χ4n) is 3.05. The van der Waals surface area contributed by atoms with E-state index >= 15 is 0 Å². The van der Waals surface area contributed by atoms with Crippen molar-refractivity contribution in [3.05, 3.63) is 0 Å². The molecule has 3 nitrogen and oxygen atoms in total. The molecule has 0 unspecified atom stereocenters. The normalized spacial score (nSPS) is 25.5. The third-order valence-electron chi connectivity index (χ3n) is 4.34. The molecule has 2 fully saturated rings. The highest BCUT2D eigenvalue weighted by Crippen LogP contribution is 2.39. The lowest BCUT2D eigenvalue weighted by Gasteiger charge is -2.27. The number of sulfonamides is 1. The van der Waals surface area contributed by atoms with E-state index in [0.717, 1.165) is 43.9 Å². The van der Waals surface area contributed by atoms with E-state index in [9.17, 15) is 8.42 Å². The molecule has 2 rings (SSSR count). The van der Waals surface area contributed by atoms with Gasteiger partial charge in [0, 0.05) is 11.9 Å². The molecule has 5 heteroatoms. The number of hydrogen-bond donors (Lipinski definition) is 1. The Labute approximate surface area is 113 Å². The van der Waals surface area contributed by atoms with Crippen molar-refractivity contribution in [1.29, 1.82) is 0 Å². The van der Waals surface area contributed by atoms with E-state index in [0.29, 0.717) is 6.54 Å². The van der Waals surface area contributed by atoms with Crippen LogP contribution in [0.1, 0.15) is 51.4 Å². The zero-order chi connectivity index (χ0) is 12.4. The Hall–Kier alpha value is 0.390. The Balaban J connectivity index is 1.92. The lowest BCUT2D eigenvalue weighted by molar-refractivity contribution is 0.347. The predicted molar refractivity (Wildman–Crippen MR) is 73.9 cm³/mol. The van der Waals surface area contributed by atoms with Gasteiger partial charge < -0.3 is 0 Å². The van der Waals surface area contributed by atoms with Crippen LogP contribution in [0, 0.1) is 5.41 Å². The summed E-state index contributed by atoms with van der Waals surface area (Å²) in [5.41, 5.74) is 0.172. The zero-order valence-electron chi connectivity index (χ0n) is 10.3. The highest BCUT2D eigenvalue weighted by Gasteiger charge is 2.36. The summed E-state index contributed by atoms with van der Waals surface area (Å²) in [5.74, 6) is 0. The first kappa shape index (κ1) is 13.8. The molecule has 0 bridgehead atoms. The molecule has 0 amide bonds. The third-order valence-corrected chi connectivity index (χ3v) is 7.42. The topological polar surface area (TPSA) is 46.2 Å². The number of nitrogens with one attached hydrogen (secondary N) is 1. The summed E-state index contributed by atoms with van der Waals surface area (Å²) in [6.45, 7) is 0.622. The van der Waals surface area contributed by atoms with Crippen LogP contribution in [-0.4, -0.2) is 25.5 Å². The summed E-state index contributed by atoms with van der Waals surface area (Å²) in [6, 6.07) is 0. The summed E-state index contributed by atoms with van der Waals surface area (Å²) in [6.07, 6.45) is 8.57. The average Bonchev–Trinajstić information content (AvgIpc) is 2.99. The van der Waals surface area contributed by atoms with Gasteiger partial charge in [0.2, 0.25) is 10.0 Å². The van der Waals surface area contributed by atoms with Crippen molar-refractivity contribution in [3.63, 3.8) is 0 Å². The molecular weight excluding hydrogens is 302 g/mol. The third kappa shape index (κ3) is 3.24. The maximum absolute atomic E-state index is 12.1. The van der Waals surface area contributed by atoms with Crippen molar-refractivity contribution in [2.24, 2.45) is 5.41 Å². The van der Waals surface area contributed by atoms with Crippen molar-refractivity contribution >= 4 is 26.0 Å². The molecule has 1 N–H and O–H groups in total. The van der Waals surface area contributed by atoms with Crippen LogP contribution in [0.5, 0.6) is 0 Å². The van der Waals surface area contributed by atoms with Crippen LogP contribution in [0.2, 0.25) is 0 Å². The monoisotopic (exact) mass is 323 g/mol. The maximum atomic E-state index is 12.1. The molecule has 0 aromatic carbocycles. The molecule has 0 saturated heterocycles. The van der Waals surface area contributed by atoms with Gasteiger partial charge in [-0.05, 0) is 31.1 Å². The molecule has 100 valence electrons. The lowest BCUT2D eigenvalue weighted by Crippen LogP contribution is -2.40. The number of rotatable bonds is 5. The summed E-state index contributed by atoms with van der Waals surface area (Å²) in [5, 5.41) is 0.781. The van der Waals surface area contributed by atoms with Crippen LogP contribution in [0.25, 0.3) is 0 Å². The Morgan fingerprint density at radius 1 is 1.12 bits per heavy atom. The van der Waals surface area contributed by atoms with E-state index in [4.69, 9.17) is 0 Å². The minimum absolute atomic E-state index is 0.128. The second-order valence-electron chi connectivity index (χ2n) is 5.61. The van der Waals surface area contributed by atoms with E-state index in [1.807, 2.05) is 0 Å². The first-order valence-electron chi connectivity index (χ1n) is 6.62. The van der Waals surface area contributed by atoms with E-state index in [-0.39, 0.29) is 10.7 Å². The molecule has 2 aliphatic carbocycles. The van der Waals surface area contributed by atoms with E-state index < -0.39 is 10.0 Å². The average molecular weight is 324 g/mol. The second-order valence-corrected chi connectivity index (χ2v) is 8.22. The molecular formula is C12H22BrNO2S. The van der Waals surface area contributed by atoms with E-state index in [1.54, 1.807) is 0 Å². The Bertz CT molecular complexity index is 344. The van der Waals surface area contributed by atoms with Gasteiger partial charge in [-0.15, -0.1) is 0 Å². The Morgan fingerprint density at radius 3 is 2.24 bits per heavy atom. The quantitative estimate of drug-likeness (QED) is 0.791. The van der Waals surface area contributed by atoms with Crippen LogP contribution in [-0.2, 0) is 10.0 Å². The lowest BCUT2D eigenvalue weighted by atomic mass is 9.89. The number of hydrogen-bond acceptors (Lipinski definition) is 2.